The summed E-state index contributed by atoms with van der Waals surface area (Å²) >= 11 is 0. The molecular formula is C43H53N5O9. The van der Waals surface area contributed by atoms with Gasteiger partial charge in [-0.3, -0.25) is 28.7 Å². The number of carbonyl (C=O) groups excluding carboxylic acids is 4. The topological polar surface area (TPSA) is 178 Å². The van der Waals surface area contributed by atoms with E-state index in [4.69, 9.17) is 14.2 Å². The summed E-state index contributed by atoms with van der Waals surface area (Å²) in [4.78, 5) is 78.2. The van der Waals surface area contributed by atoms with E-state index in [0.717, 1.165) is 41.2 Å². The van der Waals surface area contributed by atoms with E-state index in [1.54, 1.807) is 27.7 Å². The smallest absolute Gasteiger partial charge is 0.408 e. The minimum Gasteiger partial charge on any atom is -0.465 e. The summed E-state index contributed by atoms with van der Waals surface area (Å²) in [6.45, 7) is 6.70. The van der Waals surface area contributed by atoms with Gasteiger partial charge in [0.15, 0.2) is 0 Å². The molecule has 0 spiro atoms. The van der Waals surface area contributed by atoms with Crippen LogP contribution in [0.15, 0.2) is 76.4 Å². The van der Waals surface area contributed by atoms with E-state index in [-0.39, 0.29) is 25.7 Å². The summed E-state index contributed by atoms with van der Waals surface area (Å²) < 4.78 is 17.4. The second kappa shape index (κ2) is 19.9. The van der Waals surface area contributed by atoms with E-state index in [1.165, 1.54) is 44.1 Å². The summed E-state index contributed by atoms with van der Waals surface area (Å²) in [5.74, 6) is -1.28. The van der Waals surface area contributed by atoms with Crippen LogP contribution < -0.4 is 21.9 Å². The maximum absolute atomic E-state index is 13.3. The maximum Gasteiger partial charge on any atom is 0.408 e. The van der Waals surface area contributed by atoms with Gasteiger partial charge in [0, 0.05) is 38.4 Å². The molecule has 0 aliphatic carbocycles. The highest BCUT2D eigenvalue weighted by Crippen LogP contribution is 2.36. The molecule has 1 aromatic heterocycles. The molecule has 0 aliphatic rings. The first-order valence-electron chi connectivity index (χ1n) is 19.5. The number of benzene rings is 4. The van der Waals surface area contributed by atoms with Crippen molar-refractivity contribution in [2.24, 2.45) is 0 Å². The van der Waals surface area contributed by atoms with E-state index in [0.29, 0.717) is 26.0 Å². The third-order valence-corrected chi connectivity index (χ3v) is 9.42. The van der Waals surface area contributed by atoms with Gasteiger partial charge in [-0.05, 0) is 97.7 Å². The summed E-state index contributed by atoms with van der Waals surface area (Å²) in [6, 6.07) is 19.8. The molecule has 1 unspecified atom stereocenters. The molecule has 3 N–H and O–H groups in total. The SMILES string of the molecule is CCOC(=O)CN(CC(COCCCCCNC(=O)CCCc1ccc2ccc3cccc4ccc1c2c34)NC(=O)OC(C)(C)C)C(=O)Cn1ccc(=O)[nH]c1=O. The average molecular weight is 784 g/mol. The van der Waals surface area contributed by atoms with Crippen LogP contribution in [-0.2, 0) is 41.6 Å². The molecule has 1 heterocycles. The lowest BCUT2D eigenvalue weighted by molar-refractivity contribution is -0.149. The van der Waals surface area contributed by atoms with Crippen LogP contribution in [0, 0.1) is 0 Å². The molecule has 1 atom stereocenters. The van der Waals surface area contributed by atoms with E-state index in [9.17, 15) is 28.8 Å². The van der Waals surface area contributed by atoms with Crippen LogP contribution in [0.1, 0.15) is 65.4 Å². The van der Waals surface area contributed by atoms with E-state index >= 15 is 0 Å². The number of rotatable bonds is 20. The summed E-state index contributed by atoms with van der Waals surface area (Å²) in [7, 11) is 0. The Morgan fingerprint density at radius 2 is 1.60 bits per heavy atom. The van der Waals surface area contributed by atoms with Crippen molar-refractivity contribution in [1.29, 1.82) is 0 Å². The van der Waals surface area contributed by atoms with Crippen LogP contribution in [0.5, 0.6) is 0 Å². The van der Waals surface area contributed by atoms with E-state index in [2.05, 4.69) is 70.2 Å². The zero-order valence-corrected chi connectivity index (χ0v) is 33.2. The van der Waals surface area contributed by atoms with Crippen LogP contribution in [0.4, 0.5) is 4.79 Å². The molecule has 0 bridgehead atoms. The molecule has 4 aromatic carbocycles. The Hall–Kier alpha value is -5.76. The number of H-pyrrole nitrogens is 1. The number of aromatic amines is 1. The average Bonchev–Trinajstić information content (AvgIpc) is 3.15. The number of aryl methyl sites for hydroxylation is 1. The van der Waals surface area contributed by atoms with Gasteiger partial charge in [0.25, 0.3) is 5.56 Å². The van der Waals surface area contributed by atoms with Gasteiger partial charge in [0.1, 0.15) is 18.7 Å². The van der Waals surface area contributed by atoms with Crippen LogP contribution in [0.25, 0.3) is 32.3 Å². The number of esters is 1. The van der Waals surface area contributed by atoms with Gasteiger partial charge >= 0.3 is 17.8 Å². The summed E-state index contributed by atoms with van der Waals surface area (Å²) in [6.07, 6.45) is 4.68. The van der Waals surface area contributed by atoms with Crippen molar-refractivity contribution >= 4 is 56.2 Å². The van der Waals surface area contributed by atoms with Crippen molar-refractivity contribution in [3.63, 3.8) is 0 Å². The van der Waals surface area contributed by atoms with E-state index in [1.807, 2.05) is 0 Å². The van der Waals surface area contributed by atoms with Gasteiger partial charge in [-0.15, -0.1) is 0 Å². The number of alkyl carbamates (subject to hydrolysis) is 1. The lowest BCUT2D eigenvalue weighted by Gasteiger charge is -2.29. The molecule has 0 radical (unpaired) electrons. The highest BCUT2D eigenvalue weighted by atomic mass is 16.6. The highest BCUT2D eigenvalue weighted by Gasteiger charge is 2.26. The summed E-state index contributed by atoms with van der Waals surface area (Å²) in [5, 5.41) is 13.3. The standard InChI is InChI=1S/C43H53N5O9/c1-5-56-38(52)27-48(37(51)26-47-23-21-36(50)46-41(47)53)25-33(45-42(54)57-43(2,3)4)28-55-24-8-6-7-22-44-35(49)14-10-11-29-15-16-32-18-17-30-12-9-13-31-19-20-34(29)40(32)39(30)31/h9,12-13,15-21,23,33H,5-8,10-11,14,22,24-28H2,1-4H3,(H,44,49)(H,45,54)(H,46,50,53). The van der Waals surface area contributed by atoms with Crippen molar-refractivity contribution in [3.05, 3.63) is 93.3 Å². The van der Waals surface area contributed by atoms with Crippen molar-refractivity contribution in [3.8, 4) is 0 Å². The molecule has 5 aromatic rings. The van der Waals surface area contributed by atoms with Gasteiger partial charge in [-0.2, -0.15) is 0 Å². The Balaban J connectivity index is 1.06. The number of nitrogens with one attached hydrogen (secondary N) is 3. The Kier molecular flexibility index (Phi) is 14.8. The second-order valence-electron chi connectivity index (χ2n) is 15.1. The second-order valence-corrected chi connectivity index (χ2v) is 15.1. The predicted molar refractivity (Wildman–Crippen MR) is 218 cm³/mol. The third-order valence-electron chi connectivity index (χ3n) is 9.42. The first-order chi connectivity index (χ1) is 27.3. The number of aromatic nitrogens is 2. The minimum absolute atomic E-state index is 0.00666. The molecule has 14 heteroatoms. The minimum atomic E-state index is -0.790. The number of carbonyl (C=O) groups is 4. The van der Waals surface area contributed by atoms with Crippen molar-refractivity contribution in [2.75, 3.05) is 39.5 Å². The fourth-order valence-corrected chi connectivity index (χ4v) is 6.81. The number of hydrogen-bond acceptors (Lipinski definition) is 9. The molecular weight excluding hydrogens is 730 g/mol. The fourth-order valence-electron chi connectivity index (χ4n) is 6.81. The number of hydrogen-bond donors (Lipinski definition) is 3. The van der Waals surface area contributed by atoms with Gasteiger partial charge in [-0.1, -0.05) is 54.6 Å². The van der Waals surface area contributed by atoms with Crippen LogP contribution in [0.3, 0.4) is 0 Å². The Morgan fingerprint density at radius 3 is 2.32 bits per heavy atom. The largest absolute Gasteiger partial charge is 0.465 e. The molecule has 304 valence electrons. The number of nitrogens with zero attached hydrogens (tertiary/aromatic N) is 2. The molecule has 0 saturated carbocycles. The molecule has 0 saturated heterocycles. The monoisotopic (exact) mass is 783 g/mol. The molecule has 5 rings (SSSR count). The van der Waals surface area contributed by atoms with Gasteiger partial charge in [0.05, 0.1) is 19.3 Å². The highest BCUT2D eigenvalue weighted by molar-refractivity contribution is 6.23. The van der Waals surface area contributed by atoms with Crippen LogP contribution >= 0.6 is 0 Å². The first kappa shape index (κ1) is 42.4. The van der Waals surface area contributed by atoms with Gasteiger partial charge in [0.2, 0.25) is 11.8 Å². The van der Waals surface area contributed by atoms with Crippen LogP contribution in [0.2, 0.25) is 0 Å². The van der Waals surface area contributed by atoms with Crippen molar-refractivity contribution in [1.82, 2.24) is 25.1 Å². The fraction of sp³-hybridized carbons (Fsp3) is 0.442. The molecule has 0 aliphatic heterocycles. The quantitative estimate of drug-likeness (QED) is 0.0554. The molecule has 14 nitrogen and oxygen atoms in total. The Bertz CT molecular complexity index is 2260. The molecule has 57 heavy (non-hydrogen) atoms. The Morgan fingerprint density at radius 1 is 0.877 bits per heavy atom. The molecule has 3 amide bonds. The predicted octanol–water partition coefficient (Wildman–Crippen LogP) is 5.05. The molecule has 0 fully saturated rings. The maximum atomic E-state index is 13.3. The lowest BCUT2D eigenvalue weighted by Crippen LogP contribution is -2.51. The number of ether oxygens (including phenoxy) is 3. The van der Waals surface area contributed by atoms with Crippen molar-refractivity contribution in [2.45, 2.75) is 84.4 Å². The first-order valence-corrected chi connectivity index (χ1v) is 19.5. The number of amides is 3. The van der Waals surface area contributed by atoms with E-state index < -0.39 is 54.0 Å². The van der Waals surface area contributed by atoms with Crippen LogP contribution in [-0.4, -0.2) is 89.4 Å². The zero-order valence-electron chi connectivity index (χ0n) is 33.2. The van der Waals surface area contributed by atoms with Gasteiger partial charge < -0.3 is 29.7 Å². The van der Waals surface area contributed by atoms with Crippen molar-refractivity contribution < 1.29 is 33.4 Å². The Labute approximate surface area is 331 Å². The lowest BCUT2D eigenvalue weighted by atomic mass is 9.90. The summed E-state index contributed by atoms with van der Waals surface area (Å²) in [5.41, 5.74) is -0.938. The third kappa shape index (κ3) is 12.4. The normalized spacial score (nSPS) is 12.1. The zero-order chi connectivity index (χ0) is 41.0. The van der Waals surface area contributed by atoms with Gasteiger partial charge in [-0.25, -0.2) is 9.59 Å². The number of unbranched alkanes of at least 4 members (excludes halogenated alkanes) is 2.